The molecule has 0 bridgehead atoms. The van der Waals surface area contributed by atoms with Crippen LogP contribution in [0.25, 0.3) is 0 Å². The van der Waals surface area contributed by atoms with Crippen molar-refractivity contribution in [1.29, 1.82) is 0 Å². The number of hydrogen-bond acceptors (Lipinski definition) is 3. The van der Waals surface area contributed by atoms with E-state index in [1.807, 2.05) is 6.07 Å². The number of nitrogens with one attached hydrogen (secondary N) is 1. The van der Waals surface area contributed by atoms with Gasteiger partial charge in [-0.15, -0.1) is 0 Å². The van der Waals surface area contributed by atoms with Crippen molar-refractivity contribution in [3.63, 3.8) is 0 Å². The molecule has 21 heavy (non-hydrogen) atoms. The lowest BCUT2D eigenvalue weighted by atomic mass is 9.72. The third-order valence-electron chi connectivity index (χ3n) is 4.76. The minimum absolute atomic E-state index is 0.384. The summed E-state index contributed by atoms with van der Waals surface area (Å²) in [5.74, 6) is 3.92. The lowest BCUT2D eigenvalue weighted by Crippen LogP contribution is -2.31. The molecule has 2 rings (SSSR count). The fraction of sp³-hybridized carbons (Fsp3) is 0.667. The molecule has 0 amide bonds. The van der Waals surface area contributed by atoms with Crippen molar-refractivity contribution in [2.24, 2.45) is 17.8 Å². The summed E-state index contributed by atoms with van der Waals surface area (Å²) < 4.78 is 10.8. The molecule has 3 unspecified atom stereocenters. The molecule has 1 aliphatic rings. The summed E-state index contributed by atoms with van der Waals surface area (Å²) in [6.45, 7) is 4.76. The Kier molecular flexibility index (Phi) is 5.51. The van der Waals surface area contributed by atoms with Gasteiger partial charge >= 0.3 is 0 Å². The first-order valence-corrected chi connectivity index (χ1v) is 7.98. The Morgan fingerprint density at radius 2 is 1.62 bits per heavy atom. The lowest BCUT2D eigenvalue weighted by Gasteiger charge is -2.36. The molecule has 0 heterocycles. The van der Waals surface area contributed by atoms with Crippen LogP contribution in [0.3, 0.4) is 0 Å². The first kappa shape index (κ1) is 16.2. The van der Waals surface area contributed by atoms with E-state index in [1.165, 1.54) is 24.8 Å². The molecule has 1 aromatic rings. The van der Waals surface area contributed by atoms with Crippen LogP contribution in [0.1, 0.15) is 44.7 Å². The summed E-state index contributed by atoms with van der Waals surface area (Å²) in [7, 11) is 5.43. The topological polar surface area (TPSA) is 30.5 Å². The van der Waals surface area contributed by atoms with E-state index >= 15 is 0 Å². The van der Waals surface area contributed by atoms with E-state index in [0.29, 0.717) is 12.0 Å². The average molecular weight is 291 g/mol. The highest BCUT2D eigenvalue weighted by Crippen LogP contribution is 2.41. The second-order valence-corrected chi connectivity index (χ2v) is 6.56. The third kappa shape index (κ3) is 3.70. The Balaban J connectivity index is 2.24. The van der Waals surface area contributed by atoms with Crippen LogP contribution in [0, 0.1) is 17.8 Å². The van der Waals surface area contributed by atoms with Gasteiger partial charge in [0.05, 0.1) is 14.2 Å². The summed E-state index contributed by atoms with van der Waals surface area (Å²) in [6, 6.07) is 6.67. The van der Waals surface area contributed by atoms with Crippen molar-refractivity contribution in [3.05, 3.63) is 23.8 Å². The van der Waals surface area contributed by atoms with E-state index in [-0.39, 0.29) is 0 Å². The van der Waals surface area contributed by atoms with E-state index in [0.717, 1.165) is 23.3 Å². The molecule has 3 atom stereocenters. The second kappa shape index (κ2) is 7.17. The van der Waals surface area contributed by atoms with Crippen LogP contribution in [-0.4, -0.2) is 21.3 Å². The van der Waals surface area contributed by atoms with Gasteiger partial charge in [-0.1, -0.05) is 19.9 Å². The van der Waals surface area contributed by atoms with Gasteiger partial charge in [0.15, 0.2) is 11.5 Å². The van der Waals surface area contributed by atoms with Crippen molar-refractivity contribution in [3.8, 4) is 11.5 Å². The molecule has 0 radical (unpaired) electrons. The predicted octanol–water partition coefficient (Wildman–Crippen LogP) is 4.04. The monoisotopic (exact) mass is 291 g/mol. The molecule has 1 saturated carbocycles. The largest absolute Gasteiger partial charge is 0.493 e. The number of benzene rings is 1. The number of ether oxygens (including phenoxy) is 2. The number of rotatable bonds is 5. The summed E-state index contributed by atoms with van der Waals surface area (Å²) >= 11 is 0. The fourth-order valence-electron chi connectivity index (χ4n) is 4.00. The first-order valence-electron chi connectivity index (χ1n) is 7.98. The first-order chi connectivity index (χ1) is 10.1. The van der Waals surface area contributed by atoms with Gasteiger partial charge in [0.2, 0.25) is 0 Å². The SMILES string of the molecule is CNC(c1ccc(OC)c(OC)c1)C1CC(C)CC(C)C1. The lowest BCUT2D eigenvalue weighted by molar-refractivity contribution is 0.180. The normalized spacial score (nSPS) is 27.2. The number of methoxy groups -OCH3 is 2. The molecule has 1 aromatic carbocycles. The number of hydrogen-bond donors (Lipinski definition) is 1. The smallest absolute Gasteiger partial charge is 0.161 e. The summed E-state index contributed by atoms with van der Waals surface area (Å²) in [5, 5.41) is 3.52. The van der Waals surface area contributed by atoms with E-state index in [2.05, 4.69) is 38.3 Å². The molecule has 0 aliphatic heterocycles. The summed E-state index contributed by atoms with van der Waals surface area (Å²) in [6.07, 6.45) is 3.95. The van der Waals surface area contributed by atoms with E-state index < -0.39 is 0 Å². The molecule has 3 nitrogen and oxygen atoms in total. The molecule has 1 N–H and O–H groups in total. The molecule has 1 fully saturated rings. The highest BCUT2D eigenvalue weighted by Gasteiger charge is 2.30. The Labute approximate surface area is 129 Å². The molecule has 0 saturated heterocycles. The van der Waals surface area contributed by atoms with Gasteiger partial charge in [-0.25, -0.2) is 0 Å². The molecule has 0 spiro atoms. The van der Waals surface area contributed by atoms with E-state index in [1.54, 1.807) is 14.2 Å². The molecule has 0 aromatic heterocycles. The van der Waals surface area contributed by atoms with Crippen LogP contribution in [0.5, 0.6) is 11.5 Å². The second-order valence-electron chi connectivity index (χ2n) is 6.56. The van der Waals surface area contributed by atoms with Crippen LogP contribution in [0.15, 0.2) is 18.2 Å². The molecular formula is C18H29NO2. The van der Waals surface area contributed by atoms with Crippen LogP contribution in [0.2, 0.25) is 0 Å². The minimum atomic E-state index is 0.384. The van der Waals surface area contributed by atoms with Gasteiger partial charge in [-0.2, -0.15) is 0 Å². The zero-order chi connectivity index (χ0) is 15.4. The maximum atomic E-state index is 5.45. The maximum absolute atomic E-state index is 5.45. The Hall–Kier alpha value is -1.22. The van der Waals surface area contributed by atoms with Crippen molar-refractivity contribution in [1.82, 2.24) is 5.32 Å². The Morgan fingerprint density at radius 3 is 2.14 bits per heavy atom. The zero-order valence-corrected chi connectivity index (χ0v) is 14.0. The summed E-state index contributed by atoms with van der Waals surface area (Å²) in [5.41, 5.74) is 1.29. The van der Waals surface area contributed by atoms with Crippen LogP contribution in [-0.2, 0) is 0 Å². The Morgan fingerprint density at radius 1 is 1.00 bits per heavy atom. The van der Waals surface area contributed by atoms with Crippen molar-refractivity contribution in [2.45, 2.75) is 39.2 Å². The van der Waals surface area contributed by atoms with Crippen LogP contribution in [0.4, 0.5) is 0 Å². The third-order valence-corrected chi connectivity index (χ3v) is 4.76. The van der Waals surface area contributed by atoms with Crippen molar-refractivity contribution < 1.29 is 9.47 Å². The van der Waals surface area contributed by atoms with Crippen LogP contribution < -0.4 is 14.8 Å². The molecule has 118 valence electrons. The van der Waals surface area contributed by atoms with Gasteiger partial charge in [0, 0.05) is 6.04 Å². The average Bonchev–Trinajstić information content (AvgIpc) is 2.46. The van der Waals surface area contributed by atoms with Gasteiger partial charge in [0.1, 0.15) is 0 Å². The quantitative estimate of drug-likeness (QED) is 0.888. The minimum Gasteiger partial charge on any atom is -0.493 e. The highest BCUT2D eigenvalue weighted by molar-refractivity contribution is 5.44. The van der Waals surface area contributed by atoms with Crippen molar-refractivity contribution in [2.75, 3.05) is 21.3 Å². The summed E-state index contributed by atoms with van der Waals surface area (Å²) in [4.78, 5) is 0. The van der Waals surface area contributed by atoms with Gasteiger partial charge in [0.25, 0.3) is 0 Å². The van der Waals surface area contributed by atoms with Crippen molar-refractivity contribution >= 4 is 0 Å². The van der Waals surface area contributed by atoms with Gasteiger partial charge in [-0.05, 0) is 61.8 Å². The van der Waals surface area contributed by atoms with E-state index in [4.69, 9.17) is 9.47 Å². The molecule has 1 aliphatic carbocycles. The maximum Gasteiger partial charge on any atom is 0.161 e. The predicted molar refractivity (Wildman–Crippen MR) is 87.0 cm³/mol. The van der Waals surface area contributed by atoms with E-state index in [9.17, 15) is 0 Å². The molecular weight excluding hydrogens is 262 g/mol. The highest BCUT2D eigenvalue weighted by atomic mass is 16.5. The fourth-order valence-corrected chi connectivity index (χ4v) is 4.00. The van der Waals surface area contributed by atoms with Gasteiger partial charge in [-0.3, -0.25) is 0 Å². The molecule has 3 heteroatoms. The van der Waals surface area contributed by atoms with Crippen LogP contribution >= 0.6 is 0 Å². The zero-order valence-electron chi connectivity index (χ0n) is 14.0. The standard InChI is InChI=1S/C18H29NO2/c1-12-8-13(2)10-15(9-12)18(19-3)14-6-7-16(20-4)17(11-14)21-5/h6-7,11-13,15,18-19H,8-10H2,1-5H3. The van der Waals surface area contributed by atoms with Gasteiger partial charge < -0.3 is 14.8 Å². The Bertz CT molecular complexity index is 451.